The predicted molar refractivity (Wildman–Crippen MR) is 85.2 cm³/mol. The number of carbonyl (C=O) groups excluding carboxylic acids is 3. The van der Waals surface area contributed by atoms with Gasteiger partial charge >= 0.3 is 5.97 Å². The molecule has 0 saturated carbocycles. The van der Waals surface area contributed by atoms with Gasteiger partial charge in [0.25, 0.3) is 5.91 Å². The topological polar surface area (TPSA) is 84.9 Å². The Morgan fingerprint density at radius 3 is 2.57 bits per heavy atom. The van der Waals surface area contributed by atoms with Crippen LogP contribution in [-0.4, -0.2) is 56.1 Å². The minimum Gasteiger partial charge on any atom is -0.454 e. The molecule has 1 aromatic carbocycles. The van der Waals surface area contributed by atoms with Crippen molar-refractivity contribution >= 4 is 35.1 Å². The molecule has 0 unspecified atom stereocenters. The zero-order valence-electron chi connectivity index (χ0n) is 13.0. The minimum atomic E-state index is -0.630. The number of ether oxygens (including phenoxy) is 2. The second kappa shape index (κ2) is 9.81. The number of nitrogens with one attached hydrogen (secondary N) is 1. The summed E-state index contributed by atoms with van der Waals surface area (Å²) in [5.74, 6) is -1.53. The van der Waals surface area contributed by atoms with E-state index in [1.54, 1.807) is 31.2 Å². The van der Waals surface area contributed by atoms with Crippen molar-refractivity contribution in [3.63, 3.8) is 0 Å². The fourth-order valence-electron chi connectivity index (χ4n) is 1.54. The third-order valence-corrected chi connectivity index (χ3v) is 3.06. The van der Waals surface area contributed by atoms with Crippen LogP contribution in [0.15, 0.2) is 24.3 Å². The van der Waals surface area contributed by atoms with E-state index in [2.05, 4.69) is 5.32 Å². The zero-order valence-corrected chi connectivity index (χ0v) is 13.8. The van der Waals surface area contributed by atoms with Gasteiger partial charge in [0.05, 0.1) is 17.3 Å². The van der Waals surface area contributed by atoms with Gasteiger partial charge in [0, 0.05) is 13.7 Å². The van der Waals surface area contributed by atoms with Gasteiger partial charge < -0.3 is 19.7 Å². The molecular weight excluding hydrogens is 324 g/mol. The molecule has 126 valence electrons. The monoisotopic (exact) mass is 342 g/mol. The van der Waals surface area contributed by atoms with Crippen LogP contribution in [0.4, 0.5) is 5.69 Å². The Morgan fingerprint density at radius 1 is 1.22 bits per heavy atom. The summed E-state index contributed by atoms with van der Waals surface area (Å²) >= 11 is 5.93. The van der Waals surface area contributed by atoms with E-state index in [9.17, 15) is 14.4 Å². The van der Waals surface area contributed by atoms with Crippen molar-refractivity contribution in [2.45, 2.75) is 6.92 Å². The first-order chi connectivity index (χ1) is 10.9. The van der Waals surface area contributed by atoms with Crippen LogP contribution in [0.3, 0.4) is 0 Å². The highest BCUT2D eigenvalue weighted by molar-refractivity contribution is 6.33. The fraction of sp³-hybridized carbons (Fsp3) is 0.400. The van der Waals surface area contributed by atoms with Gasteiger partial charge in [-0.15, -0.1) is 0 Å². The Bertz CT molecular complexity index is 565. The molecule has 0 heterocycles. The van der Waals surface area contributed by atoms with Gasteiger partial charge in [-0.2, -0.15) is 0 Å². The highest BCUT2D eigenvalue weighted by atomic mass is 35.5. The van der Waals surface area contributed by atoms with Gasteiger partial charge in [-0.25, -0.2) is 4.79 Å². The fourth-order valence-corrected chi connectivity index (χ4v) is 1.72. The van der Waals surface area contributed by atoms with Gasteiger partial charge in [0.1, 0.15) is 6.61 Å². The maximum absolute atomic E-state index is 11.9. The number of benzene rings is 1. The van der Waals surface area contributed by atoms with E-state index in [1.807, 2.05) is 0 Å². The zero-order chi connectivity index (χ0) is 17.2. The number of hydrogen-bond donors (Lipinski definition) is 1. The molecule has 0 aliphatic rings. The van der Waals surface area contributed by atoms with Crippen molar-refractivity contribution in [1.82, 2.24) is 4.90 Å². The molecule has 0 fully saturated rings. The lowest BCUT2D eigenvalue weighted by atomic mass is 10.3. The summed E-state index contributed by atoms with van der Waals surface area (Å²) in [4.78, 5) is 36.0. The molecule has 2 amide bonds. The largest absolute Gasteiger partial charge is 0.454 e. The maximum atomic E-state index is 11.9. The average Bonchev–Trinajstić information content (AvgIpc) is 2.52. The quantitative estimate of drug-likeness (QED) is 0.720. The second-order valence-corrected chi connectivity index (χ2v) is 4.98. The molecule has 1 rings (SSSR count). The molecule has 7 nitrogen and oxygen atoms in total. The number of likely N-dealkylation sites (N-methyl/N-ethyl adjacent to an activating group) is 1. The summed E-state index contributed by atoms with van der Waals surface area (Å²) in [7, 11) is 1.44. The third kappa shape index (κ3) is 7.12. The molecule has 0 saturated heterocycles. The lowest BCUT2D eigenvalue weighted by Crippen LogP contribution is -2.37. The molecule has 0 radical (unpaired) electrons. The van der Waals surface area contributed by atoms with Crippen LogP contribution in [0.1, 0.15) is 6.92 Å². The number of hydrogen-bond acceptors (Lipinski definition) is 5. The van der Waals surface area contributed by atoms with Crippen molar-refractivity contribution in [3.05, 3.63) is 29.3 Å². The van der Waals surface area contributed by atoms with Gasteiger partial charge in [0.15, 0.2) is 6.61 Å². The molecule has 0 aliphatic heterocycles. The molecule has 0 bridgehead atoms. The van der Waals surface area contributed by atoms with Crippen LogP contribution in [0.5, 0.6) is 0 Å². The van der Waals surface area contributed by atoms with E-state index in [1.165, 1.54) is 7.05 Å². The van der Waals surface area contributed by atoms with E-state index in [0.29, 0.717) is 17.3 Å². The Kier molecular flexibility index (Phi) is 8.07. The number of halogens is 1. The van der Waals surface area contributed by atoms with E-state index in [4.69, 9.17) is 21.1 Å². The summed E-state index contributed by atoms with van der Waals surface area (Å²) in [5.41, 5.74) is 0.461. The molecule has 1 N–H and O–H groups in total. The van der Waals surface area contributed by atoms with Gasteiger partial charge in [-0.05, 0) is 19.1 Å². The lowest BCUT2D eigenvalue weighted by molar-refractivity contribution is -0.155. The van der Waals surface area contributed by atoms with Gasteiger partial charge in [-0.1, -0.05) is 23.7 Å². The van der Waals surface area contributed by atoms with Crippen molar-refractivity contribution in [3.8, 4) is 0 Å². The Morgan fingerprint density at radius 2 is 1.91 bits per heavy atom. The van der Waals surface area contributed by atoms with E-state index in [0.717, 1.165) is 4.90 Å². The van der Waals surface area contributed by atoms with Crippen LogP contribution in [-0.2, 0) is 23.9 Å². The molecule has 8 heteroatoms. The smallest absolute Gasteiger partial charge is 0.332 e. The number of para-hydroxylation sites is 1. The van der Waals surface area contributed by atoms with Crippen molar-refractivity contribution in [2.75, 3.05) is 38.7 Å². The molecule has 0 aromatic heterocycles. The number of rotatable bonds is 8. The van der Waals surface area contributed by atoms with Crippen LogP contribution in [0, 0.1) is 0 Å². The maximum Gasteiger partial charge on any atom is 0.332 e. The molecule has 1 aromatic rings. The predicted octanol–water partition coefficient (Wildman–Crippen LogP) is 1.32. The summed E-state index contributed by atoms with van der Waals surface area (Å²) in [6, 6.07) is 6.76. The van der Waals surface area contributed by atoms with Crippen LogP contribution in [0.25, 0.3) is 0 Å². The van der Waals surface area contributed by atoms with E-state index in [-0.39, 0.29) is 13.2 Å². The Balaban J connectivity index is 2.38. The van der Waals surface area contributed by atoms with Crippen LogP contribution in [0.2, 0.25) is 5.02 Å². The molecule has 0 spiro atoms. The minimum absolute atomic E-state index is 0.187. The van der Waals surface area contributed by atoms with Gasteiger partial charge in [0.2, 0.25) is 5.91 Å². The number of carbonyl (C=O) groups is 3. The first kappa shape index (κ1) is 18.9. The summed E-state index contributed by atoms with van der Waals surface area (Å²) in [6.45, 7) is 1.28. The molecule has 0 aliphatic carbocycles. The summed E-state index contributed by atoms with van der Waals surface area (Å²) in [6.07, 6.45) is 0. The standard InChI is InChI=1S/C15H19ClN2O5/c1-3-22-10-15(21)23-9-14(20)18(2)8-13(19)17-12-7-5-4-6-11(12)16/h4-7H,3,8-10H2,1-2H3,(H,17,19). The summed E-state index contributed by atoms with van der Waals surface area (Å²) < 4.78 is 9.59. The van der Waals surface area contributed by atoms with Crippen LogP contribution >= 0.6 is 11.6 Å². The lowest BCUT2D eigenvalue weighted by Gasteiger charge is -2.17. The Labute approximate surface area is 139 Å². The van der Waals surface area contributed by atoms with Crippen LogP contribution < -0.4 is 5.32 Å². The average molecular weight is 343 g/mol. The highest BCUT2D eigenvalue weighted by Crippen LogP contribution is 2.20. The SMILES string of the molecule is CCOCC(=O)OCC(=O)N(C)CC(=O)Nc1ccccc1Cl. The Hall–Kier alpha value is -2.12. The van der Waals surface area contributed by atoms with E-state index >= 15 is 0 Å². The van der Waals surface area contributed by atoms with Gasteiger partial charge in [-0.3, -0.25) is 9.59 Å². The number of nitrogens with zero attached hydrogens (tertiary/aromatic N) is 1. The number of esters is 1. The molecule has 0 atom stereocenters. The van der Waals surface area contributed by atoms with Crippen molar-refractivity contribution < 1.29 is 23.9 Å². The normalized spacial score (nSPS) is 10.0. The van der Waals surface area contributed by atoms with Crippen molar-refractivity contribution in [1.29, 1.82) is 0 Å². The molecule has 23 heavy (non-hydrogen) atoms. The van der Waals surface area contributed by atoms with Crippen molar-refractivity contribution in [2.24, 2.45) is 0 Å². The number of anilines is 1. The molecular formula is C15H19ClN2O5. The first-order valence-corrected chi connectivity index (χ1v) is 7.33. The highest BCUT2D eigenvalue weighted by Gasteiger charge is 2.15. The third-order valence-electron chi connectivity index (χ3n) is 2.74. The number of amides is 2. The first-order valence-electron chi connectivity index (χ1n) is 6.95. The second-order valence-electron chi connectivity index (χ2n) is 4.58. The van der Waals surface area contributed by atoms with E-state index < -0.39 is 24.4 Å². The summed E-state index contributed by atoms with van der Waals surface area (Å²) in [5, 5.41) is 3.00.